The average Bonchev–Trinajstić information content (AvgIpc) is 2.77. The van der Waals surface area contributed by atoms with Crippen molar-refractivity contribution in [2.24, 2.45) is 0 Å². The second kappa shape index (κ2) is 14.0. The fourth-order valence-corrected chi connectivity index (χ4v) is 3.44. The number of hydrogen-bond donors (Lipinski definition) is 5. The van der Waals surface area contributed by atoms with Gasteiger partial charge >= 0.3 is 18.9 Å². The molecule has 0 aliphatic rings. The van der Waals surface area contributed by atoms with E-state index >= 15 is 0 Å². The molecule has 0 unspecified atom stereocenters. The first-order valence-corrected chi connectivity index (χ1v) is 12.5. The van der Waals surface area contributed by atoms with Crippen LogP contribution in [-0.4, -0.2) is 91.7 Å². The van der Waals surface area contributed by atoms with Gasteiger partial charge in [0.15, 0.2) is 0 Å². The molecule has 0 atom stereocenters. The molecule has 1 aromatic carbocycles. The normalized spacial score (nSPS) is 10.9. The molecule has 0 aliphatic carbocycles. The zero-order valence-corrected chi connectivity index (χ0v) is 21.5. The van der Waals surface area contributed by atoms with E-state index < -0.39 is 15.9 Å². The molecule has 5 N–H and O–H groups in total. The third-order valence-corrected chi connectivity index (χ3v) is 5.22. The van der Waals surface area contributed by atoms with Crippen molar-refractivity contribution in [2.45, 2.75) is 13.8 Å². The number of aliphatic hydroxyl groups excluding tert-OH is 2. The van der Waals surface area contributed by atoms with Gasteiger partial charge in [-0.15, -0.1) is 0 Å². The molecule has 0 fully saturated rings. The molecule has 0 bridgehead atoms. The average molecular weight is 527 g/mol. The first kappa shape index (κ1) is 30.1. The molecule has 2 heterocycles. The quantitative estimate of drug-likeness (QED) is 0.110. The van der Waals surface area contributed by atoms with Crippen molar-refractivity contribution in [2.75, 3.05) is 59.5 Å². The largest absolute Gasteiger partial charge is 1.00 e. The third-order valence-electron chi connectivity index (χ3n) is 4.52. The van der Waals surface area contributed by atoms with Crippen LogP contribution < -0.4 is 39.7 Å². The van der Waals surface area contributed by atoms with Gasteiger partial charge in [0, 0.05) is 31.0 Å². The molecule has 0 saturated carbocycles. The van der Waals surface area contributed by atoms with E-state index in [4.69, 9.17) is 0 Å². The molecule has 2 aromatic heterocycles. The van der Waals surface area contributed by atoms with Crippen LogP contribution in [0.4, 0.5) is 35.2 Å². The van der Waals surface area contributed by atoms with E-state index in [0.29, 0.717) is 29.0 Å². The number of anilines is 6. The molecule has 0 saturated heterocycles. The number of benzene rings is 1. The van der Waals surface area contributed by atoms with E-state index in [9.17, 15) is 23.2 Å². The Balaban J connectivity index is 0.00000481. The summed E-state index contributed by atoms with van der Waals surface area (Å²) >= 11 is 0. The van der Waals surface area contributed by atoms with Crippen LogP contribution in [0, 0.1) is 13.8 Å². The van der Waals surface area contributed by atoms with Crippen LogP contribution in [-0.2, 0) is 10.1 Å². The van der Waals surface area contributed by atoms with E-state index in [1.165, 1.54) is 4.90 Å². The van der Waals surface area contributed by atoms with E-state index in [2.05, 4.69) is 45.9 Å². The number of aryl methyl sites for hydroxylation is 2. The van der Waals surface area contributed by atoms with Crippen LogP contribution in [0.15, 0.2) is 24.3 Å². The van der Waals surface area contributed by atoms with Gasteiger partial charge in [0.1, 0.15) is 11.6 Å². The van der Waals surface area contributed by atoms with Crippen molar-refractivity contribution in [3.63, 3.8) is 0 Å². The Hall–Kier alpha value is -3.13. The molecule has 0 radical (unpaired) electrons. The maximum atomic E-state index is 10.9. The van der Waals surface area contributed by atoms with Crippen LogP contribution in [0.2, 0.25) is 0 Å². The number of nitrogens with one attached hydrogen (secondary N) is 3. The standard InChI is InChI=1S/C20H28N10O5S.Li/c1-13-22-14(2)24-18(23-13)25-15-4-3-5-16(12-15)26-19-27-17(21-6-11-36(33,34)35)28-20(29-19)30(7-9-31)8-10-32;/h3-5,12,31-32H,6-11H2,1-2H3,(H,33,34,35)(H,22,23,24,25)(H2,21,26,27,28,29);/q;+1/p-1. The minimum absolute atomic E-state index is 0. The van der Waals surface area contributed by atoms with Gasteiger partial charge in [-0.1, -0.05) is 6.07 Å². The smallest absolute Gasteiger partial charge is 0.748 e. The Labute approximate surface area is 226 Å². The molecule has 0 amide bonds. The fourth-order valence-electron chi connectivity index (χ4n) is 3.09. The van der Waals surface area contributed by atoms with Crippen LogP contribution in [0.1, 0.15) is 11.6 Å². The minimum Gasteiger partial charge on any atom is -0.748 e. The van der Waals surface area contributed by atoms with E-state index in [-0.39, 0.29) is 69.6 Å². The molecule has 0 aliphatic heterocycles. The summed E-state index contributed by atoms with van der Waals surface area (Å²) in [4.78, 5) is 27.0. The minimum atomic E-state index is -4.43. The van der Waals surface area contributed by atoms with Crippen LogP contribution >= 0.6 is 0 Å². The van der Waals surface area contributed by atoms with Gasteiger partial charge in [0.05, 0.1) is 29.1 Å². The molecule has 17 heteroatoms. The van der Waals surface area contributed by atoms with Gasteiger partial charge in [-0.05, 0) is 32.0 Å². The second-order valence-electron chi connectivity index (χ2n) is 7.49. The van der Waals surface area contributed by atoms with Crippen LogP contribution in [0.3, 0.4) is 0 Å². The number of nitrogens with zero attached hydrogens (tertiary/aromatic N) is 7. The van der Waals surface area contributed by atoms with Crippen molar-refractivity contribution in [3.05, 3.63) is 35.9 Å². The summed E-state index contributed by atoms with van der Waals surface area (Å²) in [6.07, 6.45) is 0. The predicted molar refractivity (Wildman–Crippen MR) is 132 cm³/mol. The summed E-state index contributed by atoms with van der Waals surface area (Å²) in [5.74, 6) is 1.15. The molecule has 37 heavy (non-hydrogen) atoms. The number of aliphatic hydroxyl groups is 2. The molecular formula is C20H27LiN10O5S. The van der Waals surface area contributed by atoms with E-state index in [0.717, 1.165) is 0 Å². The van der Waals surface area contributed by atoms with E-state index in [1.807, 2.05) is 6.07 Å². The van der Waals surface area contributed by atoms with Crippen molar-refractivity contribution in [1.29, 1.82) is 0 Å². The Bertz CT molecular complexity index is 1260. The molecule has 3 aromatic rings. The van der Waals surface area contributed by atoms with Crippen LogP contribution in [0.5, 0.6) is 0 Å². The summed E-state index contributed by atoms with van der Waals surface area (Å²) in [6.45, 7) is 3.19. The molecule has 3 rings (SSSR count). The van der Waals surface area contributed by atoms with Gasteiger partial charge < -0.3 is 35.6 Å². The number of hydrogen-bond acceptors (Lipinski definition) is 15. The summed E-state index contributed by atoms with van der Waals surface area (Å²) < 4.78 is 32.8. The van der Waals surface area contributed by atoms with Crippen molar-refractivity contribution in [3.8, 4) is 0 Å². The summed E-state index contributed by atoms with van der Waals surface area (Å²) in [5.41, 5.74) is 1.28. The first-order valence-electron chi connectivity index (χ1n) is 10.9. The maximum Gasteiger partial charge on any atom is 1.00 e. The Morgan fingerprint density at radius 2 is 1.41 bits per heavy atom. The van der Waals surface area contributed by atoms with Gasteiger partial charge in [0.2, 0.25) is 23.8 Å². The zero-order chi connectivity index (χ0) is 26.1. The van der Waals surface area contributed by atoms with Gasteiger partial charge in [-0.2, -0.15) is 24.9 Å². The first-order chi connectivity index (χ1) is 17.1. The van der Waals surface area contributed by atoms with Crippen molar-refractivity contribution < 1.29 is 42.0 Å². The molecule has 0 spiro atoms. The Morgan fingerprint density at radius 1 is 0.865 bits per heavy atom. The Morgan fingerprint density at radius 3 is 1.95 bits per heavy atom. The topological polar surface area (TPSA) is 214 Å². The van der Waals surface area contributed by atoms with Crippen molar-refractivity contribution in [1.82, 2.24) is 29.9 Å². The summed E-state index contributed by atoms with van der Waals surface area (Å²) in [5, 5.41) is 27.6. The fraction of sp³-hybridized carbons (Fsp3) is 0.400. The SMILES string of the molecule is Cc1nc(C)nc(Nc2cccc(Nc3nc(NCCS(=O)(=O)[O-])nc(N(CCO)CCO)n3)c2)n1.[Li+]. The molecule has 15 nitrogen and oxygen atoms in total. The Kier molecular flexibility index (Phi) is 11.4. The molecule has 194 valence electrons. The van der Waals surface area contributed by atoms with Gasteiger partial charge in [-0.3, -0.25) is 0 Å². The monoisotopic (exact) mass is 526 g/mol. The predicted octanol–water partition coefficient (Wildman–Crippen LogP) is -3.09. The maximum absolute atomic E-state index is 10.9. The zero-order valence-electron chi connectivity index (χ0n) is 20.7. The van der Waals surface area contributed by atoms with Gasteiger partial charge in [0.25, 0.3) is 0 Å². The number of aromatic nitrogens is 6. The summed E-state index contributed by atoms with van der Waals surface area (Å²) in [7, 11) is -4.43. The summed E-state index contributed by atoms with van der Waals surface area (Å²) in [6, 6.07) is 7.15. The van der Waals surface area contributed by atoms with E-state index in [1.54, 1.807) is 32.0 Å². The number of rotatable bonds is 13. The third kappa shape index (κ3) is 10.0. The van der Waals surface area contributed by atoms with Gasteiger partial charge in [-0.25, -0.2) is 13.4 Å². The van der Waals surface area contributed by atoms with Crippen LogP contribution in [0.25, 0.3) is 0 Å². The molecular weight excluding hydrogens is 499 g/mol. The van der Waals surface area contributed by atoms with Crippen molar-refractivity contribution >= 4 is 45.3 Å². The second-order valence-corrected chi connectivity index (χ2v) is 9.01.